The maximum absolute atomic E-state index is 12.4. The van der Waals surface area contributed by atoms with E-state index in [-0.39, 0.29) is 11.7 Å². The number of amides is 1. The summed E-state index contributed by atoms with van der Waals surface area (Å²) in [5, 5.41) is 3.23. The molecule has 6 nitrogen and oxygen atoms in total. The molecule has 0 spiro atoms. The molecule has 0 radical (unpaired) electrons. The molecule has 0 saturated carbocycles. The minimum absolute atomic E-state index is 0.106. The van der Waals surface area contributed by atoms with Gasteiger partial charge in [0, 0.05) is 22.8 Å². The van der Waals surface area contributed by atoms with Crippen LogP contribution in [0.25, 0.3) is 0 Å². The van der Waals surface area contributed by atoms with Crippen LogP contribution >= 0.6 is 11.6 Å². The summed E-state index contributed by atoms with van der Waals surface area (Å²) in [6.45, 7) is 0.393. The lowest BCUT2D eigenvalue weighted by Crippen LogP contribution is -2.38. The molecule has 8 heteroatoms. The molecule has 3 rings (SSSR count). The molecule has 0 atom stereocenters. The van der Waals surface area contributed by atoms with Gasteiger partial charge in [0.15, 0.2) is 0 Å². The van der Waals surface area contributed by atoms with Crippen LogP contribution in [0.1, 0.15) is 23.2 Å². The summed E-state index contributed by atoms with van der Waals surface area (Å²) in [4.78, 5) is 12.4. The molecule has 2 aromatic carbocycles. The molecular weight excluding hydrogens is 376 g/mol. The molecule has 0 aliphatic carbocycles. The third-order valence-corrected chi connectivity index (χ3v) is 6.23. The van der Waals surface area contributed by atoms with Crippen LogP contribution in [0, 0.1) is 0 Å². The fourth-order valence-corrected chi connectivity index (χ4v) is 4.68. The average molecular weight is 395 g/mol. The molecule has 0 unspecified atom stereocenters. The van der Waals surface area contributed by atoms with E-state index in [0.29, 0.717) is 40.7 Å². The molecular formula is C18H19ClN2O4S. The van der Waals surface area contributed by atoms with Crippen molar-refractivity contribution in [2.45, 2.75) is 12.8 Å². The number of rotatable bonds is 4. The molecule has 1 fully saturated rings. The average Bonchev–Trinajstić information content (AvgIpc) is 2.61. The largest absolute Gasteiger partial charge is 0.495 e. The van der Waals surface area contributed by atoms with Gasteiger partial charge in [0.05, 0.1) is 18.6 Å². The predicted molar refractivity (Wildman–Crippen MR) is 103 cm³/mol. The van der Waals surface area contributed by atoms with E-state index in [1.807, 2.05) is 0 Å². The molecule has 1 N–H and O–H groups in total. The molecule has 1 saturated heterocycles. The van der Waals surface area contributed by atoms with Crippen LogP contribution in [0.3, 0.4) is 0 Å². The number of hydrogen-bond donors (Lipinski definition) is 1. The molecule has 1 amide bonds. The lowest BCUT2D eigenvalue weighted by atomic mass is 10.2. The number of nitrogens with zero attached hydrogens (tertiary/aromatic N) is 1. The summed E-state index contributed by atoms with van der Waals surface area (Å²) in [6.07, 6.45) is 1.42. The van der Waals surface area contributed by atoms with E-state index in [1.165, 1.54) is 11.4 Å². The summed E-state index contributed by atoms with van der Waals surface area (Å²) in [5.74, 6) is 0.219. The number of carbonyl (C=O) groups is 1. The predicted octanol–water partition coefficient (Wildman–Crippen LogP) is 3.53. The fraction of sp³-hybridized carbons (Fsp3) is 0.278. The van der Waals surface area contributed by atoms with E-state index in [2.05, 4.69) is 5.32 Å². The maximum Gasteiger partial charge on any atom is 0.255 e. The van der Waals surface area contributed by atoms with Crippen LogP contribution in [-0.2, 0) is 10.0 Å². The second-order valence-corrected chi connectivity index (χ2v) is 8.40. The summed E-state index contributed by atoms with van der Waals surface area (Å²) < 4.78 is 31.5. The number of halogens is 1. The number of methoxy groups -OCH3 is 1. The number of nitrogens with one attached hydrogen (secondary N) is 1. The van der Waals surface area contributed by atoms with E-state index in [0.717, 1.165) is 6.42 Å². The van der Waals surface area contributed by atoms with E-state index < -0.39 is 10.0 Å². The number of hydrogen-bond acceptors (Lipinski definition) is 4. The van der Waals surface area contributed by atoms with Crippen molar-refractivity contribution in [2.24, 2.45) is 0 Å². The number of benzene rings is 2. The van der Waals surface area contributed by atoms with Crippen molar-refractivity contribution in [3.8, 4) is 5.75 Å². The van der Waals surface area contributed by atoms with E-state index in [9.17, 15) is 13.2 Å². The van der Waals surface area contributed by atoms with Crippen molar-refractivity contribution in [2.75, 3.05) is 29.0 Å². The van der Waals surface area contributed by atoms with E-state index in [1.54, 1.807) is 42.5 Å². The van der Waals surface area contributed by atoms with Gasteiger partial charge in [-0.3, -0.25) is 9.10 Å². The van der Waals surface area contributed by atoms with Gasteiger partial charge in [-0.2, -0.15) is 0 Å². The first kappa shape index (κ1) is 18.5. The molecule has 1 heterocycles. The Morgan fingerprint density at radius 2 is 2.00 bits per heavy atom. The van der Waals surface area contributed by atoms with Crippen LogP contribution in [0.5, 0.6) is 5.75 Å². The van der Waals surface area contributed by atoms with E-state index in [4.69, 9.17) is 16.3 Å². The summed E-state index contributed by atoms with van der Waals surface area (Å²) in [7, 11) is -1.90. The number of anilines is 2. The first-order chi connectivity index (χ1) is 12.4. The summed E-state index contributed by atoms with van der Waals surface area (Å²) in [6, 6.07) is 11.5. The van der Waals surface area contributed by atoms with Crippen molar-refractivity contribution in [1.29, 1.82) is 0 Å². The minimum atomic E-state index is -3.39. The van der Waals surface area contributed by atoms with Crippen molar-refractivity contribution in [3.63, 3.8) is 0 Å². The smallest absolute Gasteiger partial charge is 0.255 e. The second kappa shape index (κ2) is 7.55. The van der Waals surface area contributed by atoms with Gasteiger partial charge in [0.2, 0.25) is 10.0 Å². The Bertz CT molecular complexity index is 931. The third kappa shape index (κ3) is 3.94. The molecule has 2 aromatic rings. The van der Waals surface area contributed by atoms with Crippen LogP contribution in [0.2, 0.25) is 5.02 Å². The minimum Gasteiger partial charge on any atom is -0.495 e. The Morgan fingerprint density at radius 1 is 1.19 bits per heavy atom. The Kier molecular flexibility index (Phi) is 5.38. The monoisotopic (exact) mass is 394 g/mol. The Balaban J connectivity index is 1.91. The first-order valence-electron chi connectivity index (χ1n) is 8.16. The van der Waals surface area contributed by atoms with Gasteiger partial charge >= 0.3 is 0 Å². The van der Waals surface area contributed by atoms with Crippen molar-refractivity contribution in [1.82, 2.24) is 0 Å². The normalized spacial score (nSPS) is 16.2. The standard InChI is InChI=1S/C18H19ClN2O4S/c1-25-17-8-7-15(20-18(22)13-5-4-6-14(19)11-13)12-16(17)21-9-2-3-10-26(21,23)24/h4-8,11-12H,2-3,9-10H2,1H3,(H,20,22). The maximum atomic E-state index is 12.4. The summed E-state index contributed by atoms with van der Waals surface area (Å²) in [5.41, 5.74) is 1.32. The van der Waals surface area contributed by atoms with E-state index >= 15 is 0 Å². The van der Waals surface area contributed by atoms with Crippen LogP contribution < -0.4 is 14.4 Å². The molecule has 0 aromatic heterocycles. The Morgan fingerprint density at radius 3 is 2.69 bits per heavy atom. The van der Waals surface area contributed by atoms with Gasteiger partial charge in [-0.15, -0.1) is 0 Å². The Hall–Kier alpha value is -2.25. The van der Waals surface area contributed by atoms with Crippen LogP contribution in [0.4, 0.5) is 11.4 Å². The highest BCUT2D eigenvalue weighted by Crippen LogP contribution is 2.35. The van der Waals surface area contributed by atoms with Crippen molar-refractivity contribution in [3.05, 3.63) is 53.1 Å². The Labute approximate surface area is 157 Å². The van der Waals surface area contributed by atoms with Crippen molar-refractivity contribution < 1.29 is 17.9 Å². The lowest BCUT2D eigenvalue weighted by molar-refractivity contribution is 0.102. The SMILES string of the molecule is COc1ccc(NC(=O)c2cccc(Cl)c2)cc1N1CCCCS1(=O)=O. The number of sulfonamides is 1. The molecule has 26 heavy (non-hydrogen) atoms. The number of carbonyl (C=O) groups excluding carboxylic acids is 1. The van der Waals surface area contributed by atoms with Crippen LogP contribution in [0.15, 0.2) is 42.5 Å². The highest BCUT2D eigenvalue weighted by atomic mass is 35.5. The zero-order valence-electron chi connectivity index (χ0n) is 14.2. The van der Waals surface area contributed by atoms with Crippen molar-refractivity contribution >= 4 is 38.9 Å². The van der Waals surface area contributed by atoms with Crippen LogP contribution in [-0.4, -0.2) is 33.7 Å². The quantitative estimate of drug-likeness (QED) is 0.860. The van der Waals surface area contributed by atoms with Gasteiger partial charge in [-0.1, -0.05) is 17.7 Å². The molecule has 1 aliphatic heterocycles. The molecule has 1 aliphatic rings. The number of ether oxygens (including phenoxy) is 1. The van der Waals surface area contributed by atoms with Gasteiger partial charge in [0.1, 0.15) is 5.75 Å². The van der Waals surface area contributed by atoms with Gasteiger partial charge in [-0.25, -0.2) is 8.42 Å². The third-order valence-electron chi connectivity index (χ3n) is 4.14. The highest BCUT2D eigenvalue weighted by molar-refractivity contribution is 7.92. The summed E-state index contributed by atoms with van der Waals surface area (Å²) >= 11 is 5.92. The zero-order chi connectivity index (χ0) is 18.7. The van der Waals surface area contributed by atoms with Gasteiger partial charge in [-0.05, 0) is 49.2 Å². The topological polar surface area (TPSA) is 75.7 Å². The fourth-order valence-electron chi connectivity index (χ4n) is 2.86. The van der Waals surface area contributed by atoms with Gasteiger partial charge in [0.25, 0.3) is 5.91 Å². The zero-order valence-corrected chi connectivity index (χ0v) is 15.8. The second-order valence-electron chi connectivity index (χ2n) is 5.95. The first-order valence-corrected chi connectivity index (χ1v) is 10.1. The highest BCUT2D eigenvalue weighted by Gasteiger charge is 2.28. The lowest BCUT2D eigenvalue weighted by Gasteiger charge is -2.29. The molecule has 0 bridgehead atoms. The molecule has 138 valence electrons. The van der Waals surface area contributed by atoms with Gasteiger partial charge < -0.3 is 10.1 Å².